The molecular formula is C9H14N2O3S. The molecule has 2 rings (SSSR count). The van der Waals surface area contributed by atoms with Crippen molar-refractivity contribution in [3.05, 3.63) is 0 Å². The van der Waals surface area contributed by atoms with Gasteiger partial charge in [0.15, 0.2) is 0 Å². The Bertz CT molecular complexity index is 279. The molecule has 0 atom stereocenters. The fourth-order valence-electron chi connectivity index (χ4n) is 1.69. The van der Waals surface area contributed by atoms with Crippen molar-refractivity contribution in [1.82, 2.24) is 10.2 Å². The van der Waals surface area contributed by atoms with Crippen LogP contribution in [-0.2, 0) is 9.59 Å². The van der Waals surface area contributed by atoms with Crippen molar-refractivity contribution in [2.45, 2.75) is 25.0 Å². The number of amides is 2. The summed E-state index contributed by atoms with van der Waals surface area (Å²) >= 11 is 1.53. The van der Waals surface area contributed by atoms with Gasteiger partial charge < -0.3 is 15.3 Å². The number of hydrogen-bond acceptors (Lipinski definition) is 4. The van der Waals surface area contributed by atoms with Crippen molar-refractivity contribution < 1.29 is 14.7 Å². The molecule has 0 aromatic carbocycles. The van der Waals surface area contributed by atoms with Crippen molar-refractivity contribution in [3.8, 4) is 0 Å². The number of aliphatic hydroxyl groups excluding tert-OH is 1. The second kappa shape index (κ2) is 4.40. The lowest BCUT2D eigenvalue weighted by atomic mass is 9.89. The Labute approximate surface area is 92.2 Å². The monoisotopic (exact) mass is 230 g/mol. The Kier molecular flexibility index (Phi) is 3.16. The molecule has 1 aliphatic heterocycles. The first kappa shape index (κ1) is 10.8. The maximum Gasteiger partial charge on any atom is 0.239 e. The lowest BCUT2D eigenvalue weighted by Gasteiger charge is -2.32. The van der Waals surface area contributed by atoms with Crippen molar-refractivity contribution in [1.29, 1.82) is 0 Å². The molecule has 0 aromatic rings. The molecule has 0 spiro atoms. The van der Waals surface area contributed by atoms with E-state index in [1.165, 1.54) is 11.8 Å². The van der Waals surface area contributed by atoms with Crippen molar-refractivity contribution in [2.24, 2.45) is 0 Å². The van der Waals surface area contributed by atoms with E-state index in [0.717, 1.165) is 0 Å². The van der Waals surface area contributed by atoms with Crippen LogP contribution in [0.1, 0.15) is 12.8 Å². The van der Waals surface area contributed by atoms with Gasteiger partial charge in [-0.25, -0.2) is 0 Å². The summed E-state index contributed by atoms with van der Waals surface area (Å²) in [4.78, 5) is 24.2. The third-order valence-electron chi connectivity index (χ3n) is 2.64. The van der Waals surface area contributed by atoms with Gasteiger partial charge >= 0.3 is 0 Å². The quantitative estimate of drug-likeness (QED) is 0.663. The Morgan fingerprint density at radius 3 is 2.87 bits per heavy atom. The molecule has 5 nitrogen and oxygen atoms in total. The maximum atomic E-state index is 11.5. The van der Waals surface area contributed by atoms with Gasteiger partial charge in [0.05, 0.1) is 17.7 Å². The van der Waals surface area contributed by atoms with E-state index in [-0.39, 0.29) is 30.5 Å². The number of carbonyl (C=O) groups excluding carboxylic acids is 2. The Hall–Kier alpha value is -0.750. The summed E-state index contributed by atoms with van der Waals surface area (Å²) in [6, 6.07) is 0.0952. The van der Waals surface area contributed by atoms with Gasteiger partial charge in [-0.05, 0) is 12.8 Å². The molecule has 1 saturated heterocycles. The van der Waals surface area contributed by atoms with Gasteiger partial charge in [0.2, 0.25) is 11.8 Å². The van der Waals surface area contributed by atoms with Crippen LogP contribution in [0, 0.1) is 0 Å². The summed E-state index contributed by atoms with van der Waals surface area (Å²) in [7, 11) is 0. The molecule has 15 heavy (non-hydrogen) atoms. The third-order valence-corrected chi connectivity index (χ3v) is 3.58. The van der Waals surface area contributed by atoms with Crippen molar-refractivity contribution in [2.75, 3.05) is 18.2 Å². The van der Waals surface area contributed by atoms with Gasteiger partial charge in [0, 0.05) is 6.04 Å². The average molecular weight is 230 g/mol. The number of nitrogens with one attached hydrogen (secondary N) is 1. The van der Waals surface area contributed by atoms with E-state index in [0.29, 0.717) is 24.5 Å². The van der Waals surface area contributed by atoms with Gasteiger partial charge in [0.25, 0.3) is 0 Å². The lowest BCUT2D eigenvalue weighted by Crippen LogP contribution is -2.49. The van der Waals surface area contributed by atoms with Crippen LogP contribution in [-0.4, -0.2) is 52.1 Å². The average Bonchev–Trinajstić information content (AvgIpc) is 2.49. The number of carbonyl (C=O) groups is 2. The van der Waals surface area contributed by atoms with E-state index in [4.69, 9.17) is 5.11 Å². The topological polar surface area (TPSA) is 69.6 Å². The minimum Gasteiger partial charge on any atom is -0.393 e. The standard InChI is InChI=1S/C9H14N2O3S/c12-7-1-6(2-7)10-8(13)3-11-5-15-4-9(11)14/h6-7,12H,1-5H2,(H,10,13). The van der Waals surface area contributed by atoms with E-state index in [2.05, 4.69) is 5.32 Å². The second-order valence-electron chi connectivity index (χ2n) is 3.96. The molecule has 84 valence electrons. The van der Waals surface area contributed by atoms with Crippen molar-refractivity contribution in [3.63, 3.8) is 0 Å². The second-order valence-corrected chi connectivity index (χ2v) is 4.91. The molecule has 1 saturated carbocycles. The highest BCUT2D eigenvalue weighted by Gasteiger charge is 2.29. The third kappa shape index (κ3) is 2.63. The summed E-state index contributed by atoms with van der Waals surface area (Å²) in [5.74, 6) is 1.00. The van der Waals surface area contributed by atoms with Crippen LogP contribution >= 0.6 is 11.8 Å². The van der Waals surface area contributed by atoms with Crippen LogP contribution in [0.5, 0.6) is 0 Å². The van der Waals surface area contributed by atoms with Crippen LogP contribution in [0.2, 0.25) is 0 Å². The Morgan fingerprint density at radius 2 is 2.33 bits per heavy atom. The van der Waals surface area contributed by atoms with Crippen molar-refractivity contribution >= 4 is 23.6 Å². The molecule has 2 amide bonds. The molecule has 2 fully saturated rings. The summed E-state index contributed by atoms with van der Waals surface area (Å²) in [5.41, 5.74) is 0. The zero-order chi connectivity index (χ0) is 10.8. The minimum absolute atomic E-state index is 0.0313. The molecule has 0 bridgehead atoms. The Balaban J connectivity index is 1.70. The zero-order valence-electron chi connectivity index (χ0n) is 8.31. The molecule has 6 heteroatoms. The van der Waals surface area contributed by atoms with Gasteiger partial charge in [-0.1, -0.05) is 0 Å². The van der Waals surface area contributed by atoms with E-state index in [1.807, 2.05) is 0 Å². The highest BCUT2D eigenvalue weighted by Crippen LogP contribution is 2.19. The van der Waals surface area contributed by atoms with Gasteiger partial charge in [-0.2, -0.15) is 0 Å². The van der Waals surface area contributed by atoms with E-state index >= 15 is 0 Å². The fourth-order valence-corrected chi connectivity index (χ4v) is 2.60. The maximum absolute atomic E-state index is 11.5. The van der Waals surface area contributed by atoms with Gasteiger partial charge in [-0.15, -0.1) is 11.8 Å². The molecule has 1 heterocycles. The first-order chi connectivity index (χ1) is 7.15. The largest absolute Gasteiger partial charge is 0.393 e. The predicted molar refractivity (Wildman–Crippen MR) is 56.2 cm³/mol. The molecule has 0 aromatic heterocycles. The molecule has 0 radical (unpaired) electrons. The highest BCUT2D eigenvalue weighted by atomic mass is 32.2. The summed E-state index contributed by atoms with van der Waals surface area (Å²) in [6.45, 7) is 0.151. The van der Waals surface area contributed by atoms with Crippen LogP contribution in [0.4, 0.5) is 0 Å². The zero-order valence-corrected chi connectivity index (χ0v) is 9.13. The summed E-state index contributed by atoms with van der Waals surface area (Å²) in [6.07, 6.45) is 1.00. The molecule has 2 N–H and O–H groups in total. The number of nitrogens with zero attached hydrogens (tertiary/aromatic N) is 1. The number of hydrogen-bond donors (Lipinski definition) is 2. The van der Waals surface area contributed by atoms with Crippen LogP contribution in [0.15, 0.2) is 0 Å². The number of aliphatic hydroxyl groups is 1. The fraction of sp³-hybridized carbons (Fsp3) is 0.778. The van der Waals surface area contributed by atoms with E-state index in [1.54, 1.807) is 4.90 Å². The SMILES string of the molecule is O=C(CN1CSCC1=O)NC1CC(O)C1. The first-order valence-electron chi connectivity index (χ1n) is 4.98. The predicted octanol–water partition coefficient (Wildman–Crippen LogP) is -0.841. The van der Waals surface area contributed by atoms with Gasteiger partial charge in [-0.3, -0.25) is 9.59 Å². The van der Waals surface area contributed by atoms with E-state index < -0.39 is 0 Å². The highest BCUT2D eigenvalue weighted by molar-refractivity contribution is 8.00. The smallest absolute Gasteiger partial charge is 0.239 e. The summed E-state index contributed by atoms with van der Waals surface area (Å²) in [5, 5.41) is 11.8. The molecular weight excluding hydrogens is 216 g/mol. The van der Waals surface area contributed by atoms with E-state index in [9.17, 15) is 9.59 Å². The van der Waals surface area contributed by atoms with Crippen LogP contribution < -0.4 is 5.32 Å². The lowest BCUT2D eigenvalue weighted by molar-refractivity contribution is -0.133. The summed E-state index contributed by atoms with van der Waals surface area (Å²) < 4.78 is 0. The normalized spacial score (nSPS) is 30.2. The number of thioether (sulfide) groups is 1. The molecule has 1 aliphatic carbocycles. The first-order valence-corrected chi connectivity index (χ1v) is 6.13. The minimum atomic E-state index is -0.265. The molecule has 0 unspecified atom stereocenters. The molecule has 2 aliphatic rings. The Morgan fingerprint density at radius 1 is 1.60 bits per heavy atom. The van der Waals surface area contributed by atoms with Crippen LogP contribution in [0.25, 0.3) is 0 Å². The van der Waals surface area contributed by atoms with Gasteiger partial charge in [0.1, 0.15) is 6.54 Å². The van der Waals surface area contributed by atoms with Crippen LogP contribution in [0.3, 0.4) is 0 Å². The number of rotatable bonds is 3.